The summed E-state index contributed by atoms with van der Waals surface area (Å²) >= 11 is 0. The Morgan fingerprint density at radius 3 is 2.47 bits per heavy atom. The van der Waals surface area contributed by atoms with E-state index >= 15 is 0 Å². The summed E-state index contributed by atoms with van der Waals surface area (Å²) in [6.45, 7) is 6.19. The van der Waals surface area contributed by atoms with Gasteiger partial charge in [0.15, 0.2) is 5.85 Å². The van der Waals surface area contributed by atoms with E-state index in [2.05, 4.69) is 11.3 Å². The fourth-order valence-corrected chi connectivity index (χ4v) is 0.879. The number of carbonyl (C=O) groups excluding carboxylic acids is 1. The van der Waals surface area contributed by atoms with Crippen LogP contribution in [0.5, 0.6) is 0 Å². The van der Waals surface area contributed by atoms with Crippen LogP contribution in [0.1, 0.15) is 13.8 Å². The molecule has 0 radical (unpaired) electrons. The summed E-state index contributed by atoms with van der Waals surface area (Å²) in [6.07, 6.45) is 0. The number of esters is 1. The summed E-state index contributed by atoms with van der Waals surface area (Å²) in [5.41, 5.74) is 0.0251. The molecule has 2 N–H and O–H groups in total. The van der Waals surface area contributed by atoms with Crippen molar-refractivity contribution in [2.24, 2.45) is 0 Å². The molecule has 0 spiro atoms. The van der Waals surface area contributed by atoms with Crippen LogP contribution in [0.3, 0.4) is 0 Å². The van der Waals surface area contributed by atoms with Gasteiger partial charge in [0.25, 0.3) is 0 Å². The van der Waals surface area contributed by atoms with Crippen LogP contribution >= 0.6 is 7.60 Å². The molecule has 0 aromatic rings. The summed E-state index contributed by atoms with van der Waals surface area (Å²) in [4.78, 5) is 28.4. The van der Waals surface area contributed by atoms with Crippen LogP contribution in [-0.2, 0) is 18.8 Å². The van der Waals surface area contributed by atoms with Crippen molar-refractivity contribution in [2.45, 2.75) is 19.7 Å². The minimum atomic E-state index is -4.27. The Morgan fingerprint density at radius 2 is 2.07 bits per heavy atom. The fourth-order valence-electron chi connectivity index (χ4n) is 0.610. The zero-order valence-corrected chi connectivity index (χ0v) is 9.57. The van der Waals surface area contributed by atoms with Gasteiger partial charge in [-0.25, -0.2) is 4.79 Å². The Bertz CT molecular complexity index is 281. The molecule has 15 heavy (non-hydrogen) atoms. The lowest BCUT2D eigenvalue weighted by atomic mass is 10.3. The third kappa shape index (κ3) is 5.69. The minimum Gasteiger partial charge on any atom is -0.463 e. The lowest BCUT2D eigenvalue weighted by molar-refractivity contribution is -0.139. The molecule has 88 valence electrons. The summed E-state index contributed by atoms with van der Waals surface area (Å²) in [6, 6.07) is 0. The van der Waals surface area contributed by atoms with E-state index in [0.717, 1.165) is 0 Å². The van der Waals surface area contributed by atoms with Crippen LogP contribution in [0.15, 0.2) is 12.2 Å². The molecule has 7 heteroatoms. The van der Waals surface area contributed by atoms with Crippen LogP contribution in [0.2, 0.25) is 0 Å². The summed E-state index contributed by atoms with van der Waals surface area (Å²) < 4.78 is 20.0. The second kappa shape index (κ2) is 6.02. The zero-order chi connectivity index (χ0) is 12.1. The van der Waals surface area contributed by atoms with Gasteiger partial charge in [-0.2, -0.15) is 0 Å². The standard InChI is InChI=1S/C8H15O6P/c1-4-13-8(9)6(2)5-14-7(3)15(10,11)12/h7H,2,4-5H2,1,3H3,(H2,10,11,12). The molecular weight excluding hydrogens is 223 g/mol. The van der Waals surface area contributed by atoms with E-state index in [-0.39, 0.29) is 18.8 Å². The van der Waals surface area contributed by atoms with Crippen LogP contribution in [0.4, 0.5) is 0 Å². The van der Waals surface area contributed by atoms with Gasteiger partial charge in [-0.1, -0.05) is 6.58 Å². The highest BCUT2D eigenvalue weighted by Gasteiger charge is 2.25. The van der Waals surface area contributed by atoms with Gasteiger partial charge in [0.2, 0.25) is 0 Å². The first kappa shape index (κ1) is 14.3. The largest absolute Gasteiger partial charge is 0.463 e. The molecule has 6 nitrogen and oxygen atoms in total. The average Bonchev–Trinajstić information content (AvgIpc) is 2.12. The average molecular weight is 238 g/mol. The Kier molecular flexibility index (Phi) is 5.75. The monoisotopic (exact) mass is 238 g/mol. The van der Waals surface area contributed by atoms with Crippen LogP contribution in [0.25, 0.3) is 0 Å². The second-order valence-electron chi connectivity index (χ2n) is 2.82. The van der Waals surface area contributed by atoms with Crippen molar-refractivity contribution >= 4 is 13.6 Å². The Morgan fingerprint density at radius 1 is 1.53 bits per heavy atom. The van der Waals surface area contributed by atoms with Crippen molar-refractivity contribution in [1.82, 2.24) is 0 Å². The smallest absolute Gasteiger partial charge is 0.353 e. The lowest BCUT2D eigenvalue weighted by Gasteiger charge is -2.14. The van der Waals surface area contributed by atoms with Gasteiger partial charge < -0.3 is 19.3 Å². The number of carbonyl (C=O) groups is 1. The van der Waals surface area contributed by atoms with Crippen LogP contribution in [-0.4, -0.2) is 34.8 Å². The van der Waals surface area contributed by atoms with E-state index < -0.39 is 19.4 Å². The molecule has 0 aromatic heterocycles. The summed E-state index contributed by atoms with van der Waals surface area (Å²) in [5, 5.41) is 0. The Balaban J connectivity index is 4.02. The maximum Gasteiger partial charge on any atom is 0.353 e. The van der Waals surface area contributed by atoms with Crippen molar-refractivity contribution in [3.05, 3.63) is 12.2 Å². The maximum atomic E-state index is 11.0. The van der Waals surface area contributed by atoms with Crippen molar-refractivity contribution in [2.75, 3.05) is 13.2 Å². The highest BCUT2D eigenvalue weighted by Crippen LogP contribution is 2.41. The van der Waals surface area contributed by atoms with Crippen LogP contribution in [0, 0.1) is 0 Å². The highest BCUT2D eigenvalue weighted by molar-refractivity contribution is 7.52. The van der Waals surface area contributed by atoms with Gasteiger partial charge in [0.1, 0.15) is 0 Å². The van der Waals surface area contributed by atoms with Gasteiger partial charge in [0, 0.05) is 0 Å². The second-order valence-corrected chi connectivity index (χ2v) is 4.73. The molecule has 1 atom stereocenters. The van der Waals surface area contributed by atoms with Gasteiger partial charge in [0.05, 0.1) is 18.8 Å². The highest BCUT2D eigenvalue weighted by atomic mass is 31.2. The topological polar surface area (TPSA) is 93.1 Å². The first-order chi connectivity index (χ1) is 6.79. The van der Waals surface area contributed by atoms with E-state index in [0.29, 0.717) is 0 Å². The normalized spacial score (nSPS) is 13.3. The molecule has 0 saturated heterocycles. The SMILES string of the molecule is C=C(COC(C)P(=O)(O)O)C(=O)OCC. The fraction of sp³-hybridized carbons (Fsp3) is 0.625. The van der Waals surface area contributed by atoms with Gasteiger partial charge in [-0.05, 0) is 13.8 Å². The molecule has 0 amide bonds. The van der Waals surface area contributed by atoms with E-state index in [9.17, 15) is 9.36 Å². The molecular formula is C8H15O6P. The zero-order valence-electron chi connectivity index (χ0n) is 8.67. The lowest BCUT2D eigenvalue weighted by Crippen LogP contribution is -2.16. The maximum absolute atomic E-state index is 11.0. The Labute approximate surface area is 88.0 Å². The number of ether oxygens (including phenoxy) is 2. The quantitative estimate of drug-likeness (QED) is 0.401. The van der Waals surface area contributed by atoms with E-state index in [4.69, 9.17) is 14.5 Å². The van der Waals surface area contributed by atoms with Crippen LogP contribution < -0.4 is 0 Å². The Hall–Kier alpha value is -0.680. The molecule has 0 aliphatic heterocycles. The van der Waals surface area contributed by atoms with Gasteiger partial charge >= 0.3 is 13.6 Å². The third-order valence-corrected chi connectivity index (χ3v) is 2.63. The van der Waals surface area contributed by atoms with E-state index in [1.165, 1.54) is 6.92 Å². The first-order valence-electron chi connectivity index (χ1n) is 4.30. The van der Waals surface area contributed by atoms with Gasteiger partial charge in [-0.3, -0.25) is 4.57 Å². The summed E-state index contributed by atoms with van der Waals surface area (Å²) in [5.74, 6) is -1.89. The minimum absolute atomic E-state index is 0.0251. The molecule has 0 aromatic carbocycles. The van der Waals surface area contributed by atoms with Crippen molar-refractivity contribution < 1.29 is 28.6 Å². The molecule has 0 aliphatic rings. The molecule has 0 bridgehead atoms. The predicted octanol–water partition coefficient (Wildman–Crippen LogP) is 0.646. The number of hydrogen-bond donors (Lipinski definition) is 2. The van der Waals surface area contributed by atoms with Crippen molar-refractivity contribution in [3.63, 3.8) is 0 Å². The predicted molar refractivity (Wildman–Crippen MR) is 53.2 cm³/mol. The molecule has 0 saturated carbocycles. The molecule has 0 aliphatic carbocycles. The first-order valence-corrected chi connectivity index (χ1v) is 5.99. The molecule has 0 heterocycles. The van der Waals surface area contributed by atoms with Crippen molar-refractivity contribution in [3.8, 4) is 0 Å². The molecule has 1 unspecified atom stereocenters. The van der Waals surface area contributed by atoms with Gasteiger partial charge in [-0.15, -0.1) is 0 Å². The number of hydrogen-bond acceptors (Lipinski definition) is 4. The third-order valence-electron chi connectivity index (χ3n) is 1.54. The van der Waals surface area contributed by atoms with E-state index in [1.807, 2.05) is 0 Å². The number of rotatable bonds is 6. The van der Waals surface area contributed by atoms with Crippen molar-refractivity contribution in [1.29, 1.82) is 0 Å². The molecule has 0 rings (SSSR count). The molecule has 0 fully saturated rings. The van der Waals surface area contributed by atoms with E-state index in [1.54, 1.807) is 6.92 Å². The summed E-state index contributed by atoms with van der Waals surface area (Å²) in [7, 11) is -4.27.